The minimum atomic E-state index is -0.783. The molecule has 3 aromatic rings. The Morgan fingerprint density at radius 1 is 1.09 bits per heavy atom. The van der Waals surface area contributed by atoms with Crippen LogP contribution in [0.25, 0.3) is 11.3 Å². The van der Waals surface area contributed by atoms with E-state index in [1.807, 2.05) is 36.4 Å². The van der Waals surface area contributed by atoms with Crippen molar-refractivity contribution in [3.05, 3.63) is 48.0 Å². The summed E-state index contributed by atoms with van der Waals surface area (Å²) in [5.74, 6) is 2.19. The van der Waals surface area contributed by atoms with Gasteiger partial charge in [-0.05, 0) is 30.7 Å². The van der Waals surface area contributed by atoms with Crippen molar-refractivity contribution in [1.29, 1.82) is 0 Å². The van der Waals surface area contributed by atoms with E-state index in [0.717, 1.165) is 30.6 Å². The molecule has 8 nitrogen and oxygen atoms in total. The number of para-hydroxylation sites is 1. The number of anilines is 1. The molecule has 0 N–H and O–H groups in total. The first-order valence-corrected chi connectivity index (χ1v) is 12.2. The van der Waals surface area contributed by atoms with Crippen LogP contribution in [-0.2, 0) is 4.79 Å². The Kier molecular flexibility index (Phi) is 7.52. The summed E-state index contributed by atoms with van der Waals surface area (Å²) in [5.41, 5.74) is 2.63. The number of benzene rings is 2. The van der Waals surface area contributed by atoms with Crippen molar-refractivity contribution >= 4 is 23.4 Å². The molecule has 1 aliphatic rings. The summed E-state index contributed by atoms with van der Waals surface area (Å²) in [5, 5.41) is 9.34. The van der Waals surface area contributed by atoms with Gasteiger partial charge in [0.1, 0.15) is 0 Å². The van der Waals surface area contributed by atoms with Crippen molar-refractivity contribution in [1.82, 2.24) is 15.2 Å². The van der Waals surface area contributed by atoms with Crippen LogP contribution in [0.5, 0.6) is 17.4 Å². The summed E-state index contributed by atoms with van der Waals surface area (Å²) in [4.78, 5) is 19.2. The summed E-state index contributed by atoms with van der Waals surface area (Å²) in [6.45, 7) is 3.68. The number of nitrogens with zero attached hydrogens (tertiary/aromatic N) is 4. The summed E-state index contributed by atoms with van der Waals surface area (Å²) in [6, 6.07) is 13.0. The number of hydrogen-bond acceptors (Lipinski definition) is 8. The number of carbonyl (C=O) groups is 1. The Hall–Kier alpha value is -3.33. The maximum absolute atomic E-state index is 12.9. The molecule has 4 rings (SSSR count). The highest BCUT2D eigenvalue weighted by Gasteiger charge is 2.35. The maximum atomic E-state index is 12.9. The average molecular weight is 481 g/mol. The van der Waals surface area contributed by atoms with Gasteiger partial charge in [-0.25, -0.2) is 0 Å². The predicted octanol–water partition coefficient (Wildman–Crippen LogP) is 5.28. The molecule has 2 aromatic carbocycles. The molecule has 9 heteroatoms. The fraction of sp³-hybridized carbons (Fsp3) is 0.360. The summed E-state index contributed by atoms with van der Waals surface area (Å²) < 4.78 is 17.3. The second-order valence-corrected chi connectivity index (χ2v) is 8.86. The van der Waals surface area contributed by atoms with Crippen molar-refractivity contribution in [3.8, 4) is 28.6 Å². The van der Waals surface area contributed by atoms with Crippen molar-refractivity contribution in [2.24, 2.45) is 0 Å². The number of rotatable bonds is 8. The SMILES string of the molecule is CCCCCSc1nnc2c(n1)O[C@@H](c1ccc(OC)c(OC)c1)N(C(C)=O)c1ccccc1-2. The molecule has 34 heavy (non-hydrogen) atoms. The smallest absolute Gasteiger partial charge is 0.247 e. The molecule has 0 radical (unpaired) electrons. The van der Waals surface area contributed by atoms with E-state index in [0.29, 0.717) is 39.5 Å². The Morgan fingerprint density at radius 3 is 2.62 bits per heavy atom. The van der Waals surface area contributed by atoms with Gasteiger partial charge in [0.25, 0.3) is 0 Å². The van der Waals surface area contributed by atoms with Crippen LogP contribution in [0.2, 0.25) is 0 Å². The molecule has 0 aliphatic carbocycles. The van der Waals surface area contributed by atoms with E-state index in [9.17, 15) is 4.79 Å². The molecule has 0 spiro atoms. The molecule has 1 atom stereocenters. The van der Waals surface area contributed by atoms with Gasteiger partial charge in [0.15, 0.2) is 17.2 Å². The lowest BCUT2D eigenvalue weighted by molar-refractivity contribution is -0.118. The quantitative estimate of drug-likeness (QED) is 0.318. The van der Waals surface area contributed by atoms with Crippen molar-refractivity contribution in [2.75, 3.05) is 24.9 Å². The fourth-order valence-corrected chi connectivity index (χ4v) is 4.63. The number of hydrogen-bond donors (Lipinski definition) is 0. The third kappa shape index (κ3) is 4.79. The molecule has 1 aliphatic heterocycles. The van der Waals surface area contributed by atoms with Crippen LogP contribution >= 0.6 is 11.8 Å². The van der Waals surface area contributed by atoms with Crippen molar-refractivity contribution < 1.29 is 19.0 Å². The second kappa shape index (κ2) is 10.7. The van der Waals surface area contributed by atoms with Crippen LogP contribution < -0.4 is 19.1 Å². The van der Waals surface area contributed by atoms with Gasteiger partial charge < -0.3 is 14.2 Å². The lowest BCUT2D eigenvalue weighted by Gasteiger charge is -2.30. The highest BCUT2D eigenvalue weighted by molar-refractivity contribution is 7.99. The molecule has 0 fully saturated rings. The Labute approximate surface area is 203 Å². The Bertz CT molecular complexity index is 1170. The largest absolute Gasteiger partial charge is 0.493 e. The normalized spacial score (nSPS) is 14.5. The molecule has 178 valence electrons. The van der Waals surface area contributed by atoms with Gasteiger partial charge in [0, 0.05) is 23.8 Å². The van der Waals surface area contributed by atoms with Crippen LogP contribution in [0.1, 0.15) is 44.9 Å². The molecule has 0 unspecified atom stereocenters. The number of aromatic nitrogens is 3. The fourth-order valence-electron chi connectivity index (χ4n) is 3.85. The standard InChI is InChI=1S/C25H28N4O4S/c1-5-6-9-14-34-25-26-23-22(27-28-25)18-10-7-8-11-19(18)29(16(2)30)24(33-23)17-12-13-20(31-3)21(15-17)32-4/h7-8,10-13,15,24H,5-6,9,14H2,1-4H3/t24-/m0/s1. The zero-order valence-electron chi connectivity index (χ0n) is 19.8. The highest BCUT2D eigenvalue weighted by atomic mass is 32.2. The minimum Gasteiger partial charge on any atom is -0.493 e. The van der Waals surface area contributed by atoms with E-state index in [1.54, 1.807) is 36.9 Å². The minimum absolute atomic E-state index is 0.179. The average Bonchev–Trinajstić information content (AvgIpc) is 3.00. The van der Waals surface area contributed by atoms with Gasteiger partial charge in [0.05, 0.1) is 19.9 Å². The summed E-state index contributed by atoms with van der Waals surface area (Å²) >= 11 is 1.55. The molecule has 2 heterocycles. The number of ether oxygens (including phenoxy) is 3. The summed E-state index contributed by atoms with van der Waals surface area (Å²) in [7, 11) is 3.15. The molecule has 0 bridgehead atoms. The highest BCUT2D eigenvalue weighted by Crippen LogP contribution is 2.44. The van der Waals surface area contributed by atoms with Crippen LogP contribution in [0.15, 0.2) is 47.6 Å². The number of fused-ring (bicyclic) bond motifs is 3. The zero-order valence-corrected chi connectivity index (χ0v) is 20.6. The van der Waals surface area contributed by atoms with Crippen LogP contribution in [-0.4, -0.2) is 41.1 Å². The third-order valence-corrected chi connectivity index (χ3v) is 6.45. The third-order valence-electron chi connectivity index (χ3n) is 5.52. The van der Waals surface area contributed by atoms with Crippen molar-refractivity contribution in [3.63, 3.8) is 0 Å². The van der Waals surface area contributed by atoms with E-state index in [1.165, 1.54) is 6.92 Å². The number of methoxy groups -OCH3 is 2. The molecule has 1 amide bonds. The lowest BCUT2D eigenvalue weighted by Crippen LogP contribution is -2.36. The van der Waals surface area contributed by atoms with Crippen LogP contribution in [0.3, 0.4) is 0 Å². The van der Waals surface area contributed by atoms with Gasteiger partial charge >= 0.3 is 0 Å². The second-order valence-electron chi connectivity index (χ2n) is 7.79. The lowest BCUT2D eigenvalue weighted by atomic mass is 10.1. The number of thioether (sulfide) groups is 1. The Morgan fingerprint density at radius 2 is 1.88 bits per heavy atom. The Balaban J connectivity index is 1.81. The van der Waals surface area contributed by atoms with E-state index < -0.39 is 6.23 Å². The first-order valence-electron chi connectivity index (χ1n) is 11.2. The van der Waals surface area contributed by atoms with Crippen molar-refractivity contribution in [2.45, 2.75) is 44.5 Å². The monoisotopic (exact) mass is 480 g/mol. The first-order chi connectivity index (χ1) is 16.6. The van der Waals surface area contributed by atoms with Crippen LogP contribution in [0.4, 0.5) is 5.69 Å². The maximum Gasteiger partial charge on any atom is 0.247 e. The van der Waals surface area contributed by atoms with Gasteiger partial charge in [-0.3, -0.25) is 9.69 Å². The van der Waals surface area contributed by atoms with Gasteiger partial charge in [-0.1, -0.05) is 49.7 Å². The van der Waals surface area contributed by atoms with Gasteiger partial charge in [-0.2, -0.15) is 4.98 Å². The van der Waals surface area contributed by atoms with Crippen LogP contribution in [0, 0.1) is 0 Å². The molecular formula is C25H28N4O4S. The van der Waals surface area contributed by atoms with Gasteiger partial charge in [0.2, 0.25) is 23.2 Å². The predicted molar refractivity (Wildman–Crippen MR) is 132 cm³/mol. The zero-order chi connectivity index (χ0) is 24.1. The molecule has 0 saturated carbocycles. The molecule has 0 saturated heterocycles. The number of amides is 1. The van der Waals surface area contributed by atoms with E-state index in [-0.39, 0.29) is 5.91 Å². The molecule has 1 aromatic heterocycles. The van der Waals surface area contributed by atoms with E-state index in [2.05, 4.69) is 22.1 Å². The van der Waals surface area contributed by atoms with Gasteiger partial charge in [-0.15, -0.1) is 10.2 Å². The summed E-state index contributed by atoms with van der Waals surface area (Å²) in [6.07, 6.45) is 2.61. The number of carbonyl (C=O) groups excluding carboxylic acids is 1. The topological polar surface area (TPSA) is 86.7 Å². The first kappa shape index (κ1) is 23.8. The molecular weight excluding hydrogens is 452 g/mol. The number of unbranched alkanes of at least 4 members (excludes halogenated alkanes) is 2. The van der Waals surface area contributed by atoms with E-state index in [4.69, 9.17) is 14.2 Å². The van der Waals surface area contributed by atoms with E-state index >= 15 is 0 Å².